The normalized spacial score (nSPS) is 10.9. The van der Waals surface area contributed by atoms with Crippen LogP contribution in [0.2, 0.25) is 0 Å². The van der Waals surface area contributed by atoms with Crippen LogP contribution >= 0.6 is 0 Å². The van der Waals surface area contributed by atoms with Gasteiger partial charge >= 0.3 is 0 Å². The predicted molar refractivity (Wildman–Crippen MR) is 66.2 cm³/mol. The molecular formula is C13H15F2N3. The minimum Gasteiger partial charge on any atom is -0.319 e. The molecule has 96 valence electrons. The molecule has 3 nitrogen and oxygen atoms in total. The maximum absolute atomic E-state index is 13.2. The summed E-state index contributed by atoms with van der Waals surface area (Å²) < 4.78 is 27.8. The van der Waals surface area contributed by atoms with Gasteiger partial charge in [-0.05, 0) is 24.7 Å². The van der Waals surface area contributed by atoms with Gasteiger partial charge in [-0.25, -0.2) is 8.78 Å². The van der Waals surface area contributed by atoms with E-state index < -0.39 is 11.6 Å². The Kier molecular flexibility index (Phi) is 3.72. The maximum atomic E-state index is 13.2. The zero-order valence-corrected chi connectivity index (χ0v) is 10.4. The first-order chi connectivity index (χ1) is 8.61. The average Bonchev–Trinajstić information content (AvgIpc) is 2.71. The molecule has 0 aliphatic carbocycles. The molecule has 5 heteroatoms. The predicted octanol–water partition coefficient (Wildman–Crippen LogP) is 2.13. The lowest BCUT2D eigenvalue weighted by molar-refractivity contribution is 0.509. The van der Waals surface area contributed by atoms with Crippen molar-refractivity contribution in [1.29, 1.82) is 0 Å². The van der Waals surface area contributed by atoms with E-state index in [1.165, 1.54) is 6.07 Å². The summed E-state index contributed by atoms with van der Waals surface area (Å²) in [6.07, 6.45) is 2.56. The molecule has 0 aliphatic rings. The van der Waals surface area contributed by atoms with Gasteiger partial charge in [0.2, 0.25) is 0 Å². The monoisotopic (exact) mass is 251 g/mol. The van der Waals surface area contributed by atoms with Gasteiger partial charge in [0.15, 0.2) is 11.6 Å². The maximum Gasteiger partial charge on any atom is 0.159 e. The van der Waals surface area contributed by atoms with E-state index in [1.807, 2.05) is 20.3 Å². The molecule has 0 radical (unpaired) electrons. The van der Waals surface area contributed by atoms with Crippen molar-refractivity contribution in [1.82, 2.24) is 15.1 Å². The topological polar surface area (TPSA) is 29.9 Å². The molecule has 2 rings (SSSR count). The lowest BCUT2D eigenvalue weighted by Crippen LogP contribution is -2.11. The van der Waals surface area contributed by atoms with E-state index in [4.69, 9.17) is 0 Å². The van der Waals surface area contributed by atoms with Crippen molar-refractivity contribution in [3.63, 3.8) is 0 Å². The Morgan fingerprint density at radius 1 is 1.28 bits per heavy atom. The number of nitrogens with one attached hydrogen (secondary N) is 1. The van der Waals surface area contributed by atoms with E-state index >= 15 is 0 Å². The summed E-state index contributed by atoms with van der Waals surface area (Å²) in [5.74, 6) is -1.67. The molecule has 0 saturated carbocycles. The highest BCUT2D eigenvalue weighted by atomic mass is 19.2. The molecule has 0 atom stereocenters. The summed E-state index contributed by atoms with van der Waals surface area (Å²) in [5.41, 5.74) is 2.36. The third-order valence-corrected chi connectivity index (χ3v) is 2.75. The van der Waals surface area contributed by atoms with E-state index in [0.29, 0.717) is 5.56 Å². The van der Waals surface area contributed by atoms with Crippen LogP contribution in [0.15, 0.2) is 24.4 Å². The van der Waals surface area contributed by atoms with Crippen LogP contribution in [0, 0.1) is 11.6 Å². The highest BCUT2D eigenvalue weighted by Gasteiger charge is 2.11. The number of rotatable bonds is 4. The van der Waals surface area contributed by atoms with E-state index in [-0.39, 0.29) is 0 Å². The van der Waals surface area contributed by atoms with E-state index in [0.717, 1.165) is 30.3 Å². The number of likely N-dealkylation sites (N-methyl/N-ethyl adjacent to an activating group) is 1. The van der Waals surface area contributed by atoms with Gasteiger partial charge in [-0.1, -0.05) is 6.07 Å². The quantitative estimate of drug-likeness (QED) is 0.902. The Balaban J connectivity index is 2.39. The minimum atomic E-state index is -0.837. The molecule has 1 heterocycles. The zero-order chi connectivity index (χ0) is 13.1. The van der Waals surface area contributed by atoms with E-state index in [9.17, 15) is 8.78 Å². The Bertz CT molecular complexity index is 549. The number of hydrogen-bond acceptors (Lipinski definition) is 2. The summed E-state index contributed by atoms with van der Waals surface area (Å²) in [4.78, 5) is 0. The number of nitrogens with zero attached hydrogens (tertiary/aromatic N) is 2. The highest BCUT2D eigenvalue weighted by Crippen LogP contribution is 2.24. The number of aromatic nitrogens is 2. The summed E-state index contributed by atoms with van der Waals surface area (Å²) in [7, 11) is 3.67. The van der Waals surface area contributed by atoms with Crippen molar-refractivity contribution >= 4 is 0 Å². The van der Waals surface area contributed by atoms with Crippen molar-refractivity contribution in [3.05, 3.63) is 41.7 Å². The number of halogens is 2. The summed E-state index contributed by atoms with van der Waals surface area (Å²) >= 11 is 0. The fourth-order valence-corrected chi connectivity index (χ4v) is 1.87. The molecule has 0 unspecified atom stereocenters. The Morgan fingerprint density at radius 2 is 2.06 bits per heavy atom. The van der Waals surface area contributed by atoms with Gasteiger partial charge in [0.25, 0.3) is 0 Å². The molecule has 0 bridgehead atoms. The molecule has 0 fully saturated rings. The fourth-order valence-electron chi connectivity index (χ4n) is 1.87. The minimum absolute atomic E-state index is 0.646. The molecule has 1 N–H and O–H groups in total. The van der Waals surface area contributed by atoms with Crippen molar-refractivity contribution in [2.45, 2.75) is 6.42 Å². The number of benzene rings is 1. The van der Waals surface area contributed by atoms with Crippen LogP contribution < -0.4 is 5.32 Å². The second kappa shape index (κ2) is 5.27. The van der Waals surface area contributed by atoms with Crippen LogP contribution in [0.4, 0.5) is 8.78 Å². The van der Waals surface area contributed by atoms with Crippen LogP contribution in [0.1, 0.15) is 5.69 Å². The Hall–Kier alpha value is -1.75. The van der Waals surface area contributed by atoms with Crippen LogP contribution in [0.3, 0.4) is 0 Å². The fraction of sp³-hybridized carbons (Fsp3) is 0.308. The summed E-state index contributed by atoms with van der Waals surface area (Å²) in [6, 6.07) is 3.91. The third kappa shape index (κ3) is 2.56. The zero-order valence-electron chi connectivity index (χ0n) is 10.4. The second-order valence-corrected chi connectivity index (χ2v) is 4.15. The number of hydrogen-bond donors (Lipinski definition) is 1. The van der Waals surface area contributed by atoms with Crippen molar-refractivity contribution in [2.24, 2.45) is 7.05 Å². The van der Waals surface area contributed by atoms with E-state index in [2.05, 4.69) is 10.4 Å². The van der Waals surface area contributed by atoms with Gasteiger partial charge in [-0.2, -0.15) is 5.10 Å². The molecule has 18 heavy (non-hydrogen) atoms. The first kappa shape index (κ1) is 12.7. The molecule has 1 aromatic heterocycles. The standard InChI is InChI=1S/C13H15F2N3/c1-16-6-5-13-10(8-18(2)17-13)9-3-4-11(14)12(15)7-9/h3-4,7-8,16H,5-6H2,1-2H3. The lowest BCUT2D eigenvalue weighted by Gasteiger charge is -2.03. The Labute approximate surface area is 104 Å². The molecule has 1 aromatic carbocycles. The smallest absolute Gasteiger partial charge is 0.159 e. The molecular weight excluding hydrogens is 236 g/mol. The van der Waals surface area contributed by atoms with Gasteiger partial charge < -0.3 is 5.32 Å². The second-order valence-electron chi connectivity index (χ2n) is 4.15. The molecule has 0 saturated heterocycles. The number of aryl methyl sites for hydroxylation is 1. The average molecular weight is 251 g/mol. The van der Waals surface area contributed by atoms with Gasteiger partial charge in [0.05, 0.1) is 5.69 Å². The van der Waals surface area contributed by atoms with Gasteiger partial charge in [-0.3, -0.25) is 4.68 Å². The van der Waals surface area contributed by atoms with Crippen LogP contribution in [-0.2, 0) is 13.5 Å². The third-order valence-electron chi connectivity index (χ3n) is 2.75. The van der Waals surface area contributed by atoms with Crippen molar-refractivity contribution in [2.75, 3.05) is 13.6 Å². The van der Waals surface area contributed by atoms with Crippen LogP contribution in [-0.4, -0.2) is 23.4 Å². The molecule has 0 aliphatic heterocycles. The first-order valence-corrected chi connectivity index (χ1v) is 5.74. The summed E-state index contributed by atoms with van der Waals surface area (Å²) in [5, 5.41) is 7.38. The van der Waals surface area contributed by atoms with E-state index in [1.54, 1.807) is 10.7 Å². The van der Waals surface area contributed by atoms with Crippen molar-refractivity contribution in [3.8, 4) is 11.1 Å². The van der Waals surface area contributed by atoms with Crippen LogP contribution in [0.5, 0.6) is 0 Å². The summed E-state index contributed by atoms with van der Waals surface area (Å²) in [6.45, 7) is 0.785. The lowest BCUT2D eigenvalue weighted by atomic mass is 10.0. The Morgan fingerprint density at radius 3 is 2.72 bits per heavy atom. The first-order valence-electron chi connectivity index (χ1n) is 5.74. The van der Waals surface area contributed by atoms with Crippen molar-refractivity contribution < 1.29 is 8.78 Å². The van der Waals surface area contributed by atoms with Crippen LogP contribution in [0.25, 0.3) is 11.1 Å². The van der Waals surface area contributed by atoms with Gasteiger partial charge in [0.1, 0.15) is 0 Å². The van der Waals surface area contributed by atoms with Gasteiger partial charge in [0, 0.05) is 31.8 Å². The SMILES string of the molecule is CNCCc1nn(C)cc1-c1ccc(F)c(F)c1. The molecule has 0 spiro atoms. The molecule has 0 amide bonds. The molecule has 2 aromatic rings. The van der Waals surface area contributed by atoms with Gasteiger partial charge in [-0.15, -0.1) is 0 Å². The highest BCUT2D eigenvalue weighted by molar-refractivity contribution is 5.65. The largest absolute Gasteiger partial charge is 0.319 e.